The summed E-state index contributed by atoms with van der Waals surface area (Å²) in [6.07, 6.45) is 4.96. The molecule has 3 N–H and O–H groups in total. The van der Waals surface area contributed by atoms with Gasteiger partial charge in [0.05, 0.1) is 13.2 Å². The van der Waals surface area contributed by atoms with E-state index in [1.54, 1.807) is 0 Å². The van der Waals surface area contributed by atoms with Crippen LogP contribution in [0.3, 0.4) is 0 Å². The van der Waals surface area contributed by atoms with E-state index in [9.17, 15) is 4.79 Å². The van der Waals surface area contributed by atoms with E-state index < -0.39 is 0 Å². The molecule has 2 heterocycles. The first-order valence-corrected chi connectivity index (χ1v) is 11.5. The number of nitrogens with zero attached hydrogens (tertiary/aromatic N) is 2. The Morgan fingerprint density at radius 3 is 2.83 bits per heavy atom. The van der Waals surface area contributed by atoms with Gasteiger partial charge in [-0.15, -0.1) is 0 Å². The number of hydrogen-bond acceptors (Lipinski definition) is 4. The summed E-state index contributed by atoms with van der Waals surface area (Å²) in [7, 11) is 0. The van der Waals surface area contributed by atoms with Gasteiger partial charge < -0.3 is 20.7 Å². The first kappa shape index (κ1) is 22.4. The van der Waals surface area contributed by atoms with Gasteiger partial charge in [-0.2, -0.15) is 0 Å². The minimum Gasteiger partial charge on any atom is -0.493 e. The molecule has 7 heteroatoms. The number of likely N-dealkylation sites (tertiary alicyclic amines) is 1. The van der Waals surface area contributed by atoms with Crippen LogP contribution in [0.1, 0.15) is 44.2 Å². The molecule has 2 aliphatic rings. The van der Waals surface area contributed by atoms with Crippen LogP contribution >= 0.6 is 0 Å². The molecule has 30 heavy (non-hydrogen) atoms. The second-order valence-corrected chi connectivity index (χ2v) is 8.10. The number of hydrogen-bond donors (Lipinski definition) is 3. The number of nitrogens with one attached hydrogen (secondary N) is 3. The maximum absolute atomic E-state index is 11.9. The van der Waals surface area contributed by atoms with Gasteiger partial charge in [-0.1, -0.05) is 19.1 Å². The Morgan fingerprint density at radius 1 is 1.23 bits per heavy atom. The molecular weight excluding hydrogens is 378 g/mol. The predicted octanol–water partition coefficient (Wildman–Crippen LogP) is 1.71. The Balaban J connectivity index is 1.42. The minimum absolute atomic E-state index is 0.135. The number of ether oxygens (including phenoxy) is 1. The number of carbonyl (C=O) groups is 1. The SMILES string of the molecule is CCCNC(=O)CN1CCC(NC(=NCCc2ccc3c(c2)CCO3)NCC)CC1. The van der Waals surface area contributed by atoms with Crippen LogP contribution in [0.2, 0.25) is 0 Å². The molecule has 0 unspecified atom stereocenters. The van der Waals surface area contributed by atoms with E-state index in [1.807, 2.05) is 0 Å². The van der Waals surface area contributed by atoms with Crippen LogP contribution in [-0.2, 0) is 17.6 Å². The third kappa shape index (κ3) is 6.90. The molecule has 7 nitrogen and oxygen atoms in total. The minimum atomic E-state index is 0.135. The fourth-order valence-corrected chi connectivity index (χ4v) is 3.96. The van der Waals surface area contributed by atoms with Crippen molar-refractivity contribution < 1.29 is 9.53 Å². The molecule has 2 aliphatic heterocycles. The average Bonchev–Trinajstić information content (AvgIpc) is 3.22. The van der Waals surface area contributed by atoms with Crippen molar-refractivity contribution in [1.29, 1.82) is 0 Å². The summed E-state index contributed by atoms with van der Waals surface area (Å²) in [6, 6.07) is 6.88. The maximum Gasteiger partial charge on any atom is 0.234 e. The first-order chi connectivity index (χ1) is 14.7. The van der Waals surface area contributed by atoms with Crippen molar-refractivity contribution in [3.63, 3.8) is 0 Å². The molecule has 166 valence electrons. The smallest absolute Gasteiger partial charge is 0.234 e. The highest BCUT2D eigenvalue weighted by Crippen LogP contribution is 2.25. The van der Waals surface area contributed by atoms with Gasteiger partial charge >= 0.3 is 0 Å². The van der Waals surface area contributed by atoms with Crippen molar-refractivity contribution in [1.82, 2.24) is 20.9 Å². The van der Waals surface area contributed by atoms with Crippen LogP contribution in [0.4, 0.5) is 0 Å². The Kier molecular flexibility index (Phi) is 8.81. The number of piperidine rings is 1. The molecule has 1 aromatic carbocycles. The zero-order valence-corrected chi connectivity index (χ0v) is 18.5. The molecule has 0 bridgehead atoms. The van der Waals surface area contributed by atoms with Gasteiger partial charge in [0.1, 0.15) is 5.75 Å². The molecule has 1 aromatic rings. The van der Waals surface area contributed by atoms with Gasteiger partial charge in [-0.05, 0) is 49.8 Å². The second-order valence-electron chi connectivity index (χ2n) is 8.10. The van der Waals surface area contributed by atoms with Gasteiger partial charge in [0, 0.05) is 45.2 Å². The zero-order chi connectivity index (χ0) is 21.2. The third-order valence-corrected chi connectivity index (χ3v) is 5.64. The van der Waals surface area contributed by atoms with Crippen LogP contribution < -0.4 is 20.7 Å². The van der Waals surface area contributed by atoms with Crippen molar-refractivity contribution in [3.8, 4) is 5.75 Å². The largest absolute Gasteiger partial charge is 0.493 e. The molecule has 0 atom stereocenters. The lowest BCUT2D eigenvalue weighted by molar-refractivity contribution is -0.122. The van der Waals surface area contributed by atoms with E-state index in [4.69, 9.17) is 9.73 Å². The molecule has 3 rings (SSSR count). The Labute approximate surface area is 180 Å². The number of rotatable bonds is 9. The van der Waals surface area contributed by atoms with Gasteiger partial charge in [0.2, 0.25) is 5.91 Å². The number of carbonyl (C=O) groups excluding carboxylic acids is 1. The van der Waals surface area contributed by atoms with Crippen molar-refractivity contribution in [3.05, 3.63) is 29.3 Å². The lowest BCUT2D eigenvalue weighted by Gasteiger charge is -2.32. The summed E-state index contributed by atoms with van der Waals surface area (Å²) >= 11 is 0. The Hall–Kier alpha value is -2.28. The van der Waals surface area contributed by atoms with Gasteiger partial charge in [-0.25, -0.2) is 0 Å². The summed E-state index contributed by atoms with van der Waals surface area (Å²) in [6.45, 7) is 9.71. The van der Waals surface area contributed by atoms with E-state index in [0.29, 0.717) is 12.6 Å². The fourth-order valence-electron chi connectivity index (χ4n) is 3.96. The maximum atomic E-state index is 11.9. The molecular formula is C23H37N5O2. The summed E-state index contributed by atoms with van der Waals surface area (Å²) in [4.78, 5) is 18.9. The highest BCUT2D eigenvalue weighted by molar-refractivity contribution is 5.80. The Bertz CT molecular complexity index is 714. The number of amides is 1. The molecule has 1 saturated heterocycles. The Morgan fingerprint density at radius 2 is 2.07 bits per heavy atom. The summed E-state index contributed by atoms with van der Waals surface area (Å²) in [5.74, 6) is 2.06. The lowest BCUT2D eigenvalue weighted by Crippen LogP contribution is -2.50. The van der Waals surface area contributed by atoms with Crippen molar-refractivity contribution in [2.45, 2.75) is 52.0 Å². The topological polar surface area (TPSA) is 78.0 Å². The molecule has 0 radical (unpaired) electrons. The van der Waals surface area contributed by atoms with Gasteiger partial charge in [0.25, 0.3) is 0 Å². The van der Waals surface area contributed by atoms with E-state index in [1.165, 1.54) is 11.1 Å². The molecule has 0 spiro atoms. The van der Waals surface area contributed by atoms with Gasteiger partial charge in [0.15, 0.2) is 5.96 Å². The van der Waals surface area contributed by atoms with E-state index >= 15 is 0 Å². The third-order valence-electron chi connectivity index (χ3n) is 5.64. The molecule has 0 saturated carbocycles. The van der Waals surface area contributed by atoms with Crippen LogP contribution in [0, 0.1) is 0 Å². The fraction of sp³-hybridized carbons (Fsp3) is 0.652. The van der Waals surface area contributed by atoms with Crippen LogP contribution in [0.15, 0.2) is 23.2 Å². The first-order valence-electron chi connectivity index (χ1n) is 11.5. The molecule has 1 amide bonds. The number of fused-ring (bicyclic) bond motifs is 1. The molecule has 0 aliphatic carbocycles. The quantitative estimate of drug-likeness (QED) is 0.423. The lowest BCUT2D eigenvalue weighted by atomic mass is 10.1. The molecule has 0 aromatic heterocycles. The summed E-state index contributed by atoms with van der Waals surface area (Å²) < 4.78 is 5.59. The van der Waals surface area contributed by atoms with E-state index in [2.05, 4.69) is 52.9 Å². The monoisotopic (exact) mass is 415 g/mol. The van der Waals surface area contributed by atoms with Crippen molar-refractivity contribution >= 4 is 11.9 Å². The second kappa shape index (κ2) is 11.8. The van der Waals surface area contributed by atoms with Crippen LogP contribution in [0.5, 0.6) is 5.75 Å². The summed E-state index contributed by atoms with van der Waals surface area (Å²) in [5, 5.41) is 9.91. The van der Waals surface area contributed by atoms with Crippen LogP contribution in [0.25, 0.3) is 0 Å². The highest BCUT2D eigenvalue weighted by Gasteiger charge is 2.21. The number of benzene rings is 1. The summed E-state index contributed by atoms with van der Waals surface area (Å²) in [5.41, 5.74) is 2.63. The predicted molar refractivity (Wildman–Crippen MR) is 121 cm³/mol. The van der Waals surface area contributed by atoms with Crippen LogP contribution in [-0.4, -0.2) is 68.7 Å². The number of aliphatic imine (C=N–C) groups is 1. The highest BCUT2D eigenvalue weighted by atomic mass is 16.5. The van der Waals surface area contributed by atoms with Crippen molar-refractivity contribution in [2.75, 3.05) is 45.9 Å². The molecule has 1 fully saturated rings. The zero-order valence-electron chi connectivity index (χ0n) is 18.5. The van der Waals surface area contributed by atoms with Crippen molar-refractivity contribution in [2.24, 2.45) is 4.99 Å². The standard InChI is InChI=1S/C23H37N5O2/c1-3-11-25-22(29)17-28-13-8-20(9-14-28)27-23(24-4-2)26-12-7-18-5-6-21-19(16-18)10-15-30-21/h5-6,16,20H,3-4,7-15,17H2,1-2H3,(H,25,29)(H2,24,26,27). The number of guanidine groups is 1. The van der Waals surface area contributed by atoms with E-state index in [0.717, 1.165) is 83.1 Å². The average molecular weight is 416 g/mol. The normalized spacial score (nSPS) is 17.3. The van der Waals surface area contributed by atoms with E-state index in [-0.39, 0.29) is 5.91 Å². The van der Waals surface area contributed by atoms with Gasteiger partial charge in [-0.3, -0.25) is 14.7 Å².